The first-order valence-corrected chi connectivity index (χ1v) is 10.0. The average molecular weight is 386 g/mol. The van der Waals surface area contributed by atoms with Gasteiger partial charge < -0.3 is 9.42 Å². The van der Waals surface area contributed by atoms with Crippen molar-refractivity contribution in [2.75, 3.05) is 19.6 Å². The van der Waals surface area contributed by atoms with E-state index in [0.717, 1.165) is 37.2 Å². The molecular formula is C21H27FN4O2. The minimum atomic E-state index is -0.221. The topological polar surface area (TPSA) is 70.4 Å². The SMILES string of the molecule is CC(C)c1cc(C(=O)N2CCCC(C3NNCC3c3ccc(F)cc3)C2)on1. The lowest BCUT2D eigenvalue weighted by Crippen LogP contribution is -2.48. The molecule has 28 heavy (non-hydrogen) atoms. The summed E-state index contributed by atoms with van der Waals surface area (Å²) in [6, 6.07) is 8.69. The van der Waals surface area contributed by atoms with Gasteiger partial charge in [0.1, 0.15) is 5.82 Å². The molecule has 1 amide bonds. The van der Waals surface area contributed by atoms with E-state index in [2.05, 4.69) is 16.0 Å². The number of amides is 1. The normalized spacial score (nSPS) is 25.4. The number of benzene rings is 1. The maximum Gasteiger partial charge on any atom is 0.292 e. The molecule has 0 saturated carbocycles. The molecule has 2 N–H and O–H groups in total. The minimum Gasteiger partial charge on any atom is -0.351 e. The summed E-state index contributed by atoms with van der Waals surface area (Å²) in [5, 5.41) is 4.01. The smallest absolute Gasteiger partial charge is 0.292 e. The van der Waals surface area contributed by atoms with E-state index in [1.807, 2.05) is 30.9 Å². The average Bonchev–Trinajstić information content (AvgIpc) is 3.38. The summed E-state index contributed by atoms with van der Waals surface area (Å²) >= 11 is 0. The van der Waals surface area contributed by atoms with Gasteiger partial charge in [0.25, 0.3) is 5.91 Å². The number of hydrazine groups is 1. The summed E-state index contributed by atoms with van der Waals surface area (Å²) in [5.74, 6) is 0.796. The predicted molar refractivity (Wildman–Crippen MR) is 103 cm³/mol. The Labute approximate surface area is 164 Å². The van der Waals surface area contributed by atoms with Gasteiger partial charge in [-0.25, -0.2) is 4.39 Å². The third-order valence-corrected chi connectivity index (χ3v) is 5.91. The lowest BCUT2D eigenvalue weighted by atomic mass is 9.81. The molecule has 6 nitrogen and oxygen atoms in total. The Morgan fingerprint density at radius 3 is 2.82 bits per heavy atom. The van der Waals surface area contributed by atoms with Gasteiger partial charge in [0.15, 0.2) is 0 Å². The molecule has 7 heteroatoms. The van der Waals surface area contributed by atoms with Crippen LogP contribution in [0, 0.1) is 11.7 Å². The fraction of sp³-hybridized carbons (Fsp3) is 0.524. The Morgan fingerprint density at radius 1 is 1.32 bits per heavy atom. The molecule has 0 aliphatic carbocycles. The molecule has 3 unspecified atom stereocenters. The van der Waals surface area contributed by atoms with Gasteiger partial charge in [-0.2, -0.15) is 0 Å². The molecular weight excluding hydrogens is 359 g/mol. The lowest BCUT2D eigenvalue weighted by molar-refractivity contribution is 0.0603. The van der Waals surface area contributed by atoms with Crippen molar-refractivity contribution in [3.63, 3.8) is 0 Å². The Bertz CT molecular complexity index is 820. The number of likely N-dealkylation sites (tertiary alicyclic amines) is 1. The molecule has 3 heterocycles. The molecule has 3 atom stereocenters. The molecule has 0 radical (unpaired) electrons. The second-order valence-electron chi connectivity index (χ2n) is 8.13. The lowest BCUT2D eigenvalue weighted by Gasteiger charge is -2.37. The first kappa shape index (κ1) is 19.1. The van der Waals surface area contributed by atoms with Gasteiger partial charge in [0.05, 0.1) is 5.69 Å². The van der Waals surface area contributed by atoms with Crippen LogP contribution >= 0.6 is 0 Å². The van der Waals surface area contributed by atoms with Gasteiger partial charge in [-0.15, -0.1) is 0 Å². The number of halogens is 1. The van der Waals surface area contributed by atoms with Crippen LogP contribution in [0.3, 0.4) is 0 Å². The Balaban J connectivity index is 1.46. The van der Waals surface area contributed by atoms with Crippen LogP contribution in [-0.2, 0) is 0 Å². The number of hydrogen-bond acceptors (Lipinski definition) is 5. The molecule has 2 aliphatic heterocycles. The van der Waals surface area contributed by atoms with Gasteiger partial charge in [-0.05, 0) is 42.4 Å². The van der Waals surface area contributed by atoms with E-state index in [9.17, 15) is 9.18 Å². The van der Waals surface area contributed by atoms with E-state index in [1.165, 1.54) is 12.1 Å². The number of rotatable bonds is 4. The highest BCUT2D eigenvalue weighted by molar-refractivity contribution is 5.91. The summed E-state index contributed by atoms with van der Waals surface area (Å²) in [4.78, 5) is 14.8. The van der Waals surface area contributed by atoms with Crippen molar-refractivity contribution < 1.29 is 13.7 Å². The third kappa shape index (κ3) is 3.82. The van der Waals surface area contributed by atoms with Crippen LogP contribution in [0.5, 0.6) is 0 Å². The summed E-state index contributed by atoms with van der Waals surface area (Å²) < 4.78 is 18.6. The Kier molecular flexibility index (Phi) is 5.46. The molecule has 2 fully saturated rings. The van der Waals surface area contributed by atoms with Crippen molar-refractivity contribution in [2.45, 2.75) is 44.6 Å². The molecule has 2 aromatic rings. The number of hydrogen-bond donors (Lipinski definition) is 2. The molecule has 150 valence electrons. The summed E-state index contributed by atoms with van der Waals surface area (Å²) in [6.07, 6.45) is 2.00. The largest absolute Gasteiger partial charge is 0.351 e. The van der Waals surface area contributed by atoms with Gasteiger partial charge in [-0.1, -0.05) is 31.1 Å². The second kappa shape index (κ2) is 8.01. The first-order chi connectivity index (χ1) is 13.5. The number of carbonyl (C=O) groups is 1. The van der Waals surface area contributed by atoms with Crippen molar-refractivity contribution in [3.05, 3.63) is 53.2 Å². The van der Waals surface area contributed by atoms with Crippen LogP contribution in [-0.4, -0.2) is 41.6 Å². The van der Waals surface area contributed by atoms with E-state index in [-0.39, 0.29) is 29.6 Å². The van der Waals surface area contributed by atoms with E-state index in [0.29, 0.717) is 18.2 Å². The number of nitrogens with one attached hydrogen (secondary N) is 2. The van der Waals surface area contributed by atoms with Gasteiger partial charge in [0, 0.05) is 37.7 Å². The van der Waals surface area contributed by atoms with Gasteiger partial charge in [0.2, 0.25) is 5.76 Å². The van der Waals surface area contributed by atoms with Crippen LogP contribution in [0.25, 0.3) is 0 Å². The van der Waals surface area contributed by atoms with Crippen LogP contribution in [0.15, 0.2) is 34.9 Å². The van der Waals surface area contributed by atoms with Gasteiger partial charge in [-0.3, -0.25) is 15.6 Å². The fourth-order valence-electron chi connectivity index (χ4n) is 4.30. The van der Waals surface area contributed by atoms with Crippen molar-refractivity contribution in [2.24, 2.45) is 5.92 Å². The molecule has 1 aromatic heterocycles. The van der Waals surface area contributed by atoms with Crippen molar-refractivity contribution in [1.82, 2.24) is 20.9 Å². The van der Waals surface area contributed by atoms with Crippen molar-refractivity contribution >= 4 is 5.91 Å². The Morgan fingerprint density at radius 2 is 2.11 bits per heavy atom. The van der Waals surface area contributed by atoms with E-state index in [4.69, 9.17) is 4.52 Å². The van der Waals surface area contributed by atoms with Crippen molar-refractivity contribution in [3.8, 4) is 0 Å². The van der Waals surface area contributed by atoms with Crippen molar-refractivity contribution in [1.29, 1.82) is 0 Å². The molecule has 2 saturated heterocycles. The molecule has 2 aliphatic rings. The summed E-state index contributed by atoms with van der Waals surface area (Å²) in [6.45, 7) is 6.25. The third-order valence-electron chi connectivity index (χ3n) is 5.91. The number of aromatic nitrogens is 1. The van der Waals surface area contributed by atoms with Gasteiger partial charge >= 0.3 is 0 Å². The van der Waals surface area contributed by atoms with E-state index in [1.54, 1.807) is 6.07 Å². The Hall–Kier alpha value is -2.25. The predicted octanol–water partition coefficient (Wildman–Crippen LogP) is 3.05. The summed E-state index contributed by atoms with van der Waals surface area (Å²) in [7, 11) is 0. The maximum absolute atomic E-state index is 13.3. The summed E-state index contributed by atoms with van der Waals surface area (Å²) in [5.41, 5.74) is 8.55. The van der Waals surface area contributed by atoms with Crippen LogP contribution < -0.4 is 10.9 Å². The highest BCUT2D eigenvalue weighted by Crippen LogP contribution is 2.32. The molecule has 0 bridgehead atoms. The number of carbonyl (C=O) groups excluding carboxylic acids is 1. The monoisotopic (exact) mass is 386 g/mol. The van der Waals surface area contributed by atoms with E-state index >= 15 is 0 Å². The molecule has 0 spiro atoms. The zero-order valence-corrected chi connectivity index (χ0v) is 16.3. The highest BCUT2D eigenvalue weighted by Gasteiger charge is 2.38. The zero-order valence-electron chi connectivity index (χ0n) is 16.3. The zero-order chi connectivity index (χ0) is 19.7. The number of nitrogens with zero attached hydrogens (tertiary/aromatic N) is 2. The minimum absolute atomic E-state index is 0.0895. The van der Waals surface area contributed by atoms with Crippen LogP contribution in [0.1, 0.15) is 60.3 Å². The second-order valence-corrected chi connectivity index (χ2v) is 8.13. The quantitative estimate of drug-likeness (QED) is 0.845. The molecule has 4 rings (SSSR count). The first-order valence-electron chi connectivity index (χ1n) is 10.0. The standard InChI is InChI=1S/C21H27FN4O2/c1-13(2)18-10-19(28-25-18)21(27)26-9-3-4-15(12-26)20-17(11-23-24-20)14-5-7-16(22)8-6-14/h5-8,10,13,15,17,20,23-24H,3-4,9,11-12H2,1-2H3. The highest BCUT2D eigenvalue weighted by atomic mass is 19.1. The molecule has 1 aromatic carbocycles. The van der Waals surface area contributed by atoms with E-state index < -0.39 is 0 Å². The number of piperidine rings is 1. The van der Waals surface area contributed by atoms with Crippen LogP contribution in [0.2, 0.25) is 0 Å². The fourth-order valence-corrected chi connectivity index (χ4v) is 4.30. The maximum atomic E-state index is 13.3. The van der Waals surface area contributed by atoms with Crippen LogP contribution in [0.4, 0.5) is 4.39 Å².